The molecular formula is C16H28N2O2. The van der Waals surface area contributed by atoms with E-state index in [1.807, 2.05) is 0 Å². The fraction of sp³-hybridized carbons (Fsp3) is 1.00. The Kier molecular flexibility index (Phi) is 3.75. The number of hydrogen-bond donors (Lipinski definition) is 0. The van der Waals surface area contributed by atoms with Gasteiger partial charge in [0.15, 0.2) is 5.79 Å². The Morgan fingerprint density at radius 2 is 1.50 bits per heavy atom. The van der Waals surface area contributed by atoms with Gasteiger partial charge in [-0.05, 0) is 31.6 Å². The first kappa shape index (κ1) is 13.5. The van der Waals surface area contributed by atoms with E-state index in [0.717, 1.165) is 38.0 Å². The lowest BCUT2D eigenvalue weighted by Gasteiger charge is -2.44. The first-order valence-electron chi connectivity index (χ1n) is 8.57. The van der Waals surface area contributed by atoms with Crippen LogP contribution in [0.25, 0.3) is 0 Å². The molecule has 0 bridgehead atoms. The summed E-state index contributed by atoms with van der Waals surface area (Å²) in [7, 11) is 0. The van der Waals surface area contributed by atoms with Crippen molar-refractivity contribution in [2.75, 3.05) is 45.9 Å². The molecule has 20 heavy (non-hydrogen) atoms. The van der Waals surface area contributed by atoms with Crippen LogP contribution in [0.5, 0.6) is 0 Å². The van der Waals surface area contributed by atoms with E-state index in [-0.39, 0.29) is 5.79 Å². The Morgan fingerprint density at radius 1 is 0.850 bits per heavy atom. The molecule has 0 atom stereocenters. The van der Waals surface area contributed by atoms with Crippen molar-refractivity contribution in [3.8, 4) is 0 Å². The molecule has 4 fully saturated rings. The van der Waals surface area contributed by atoms with Crippen LogP contribution in [-0.4, -0.2) is 67.6 Å². The number of rotatable bonds is 3. The van der Waals surface area contributed by atoms with Gasteiger partial charge in [-0.25, -0.2) is 0 Å². The summed E-state index contributed by atoms with van der Waals surface area (Å²) in [6.07, 6.45) is 7.65. The molecule has 2 aliphatic heterocycles. The maximum Gasteiger partial charge on any atom is 0.168 e. The molecule has 2 aliphatic carbocycles. The van der Waals surface area contributed by atoms with Crippen LogP contribution in [0.15, 0.2) is 0 Å². The molecule has 0 radical (unpaired) electrons. The molecule has 0 N–H and O–H groups in total. The normalized spacial score (nSPS) is 33.0. The maximum atomic E-state index is 5.84. The number of piperazine rings is 1. The summed E-state index contributed by atoms with van der Waals surface area (Å²) in [5, 5.41) is 0. The molecule has 0 aromatic carbocycles. The Hall–Kier alpha value is -0.160. The first-order valence-corrected chi connectivity index (χ1v) is 8.57. The van der Waals surface area contributed by atoms with E-state index in [4.69, 9.17) is 9.47 Å². The number of nitrogens with zero attached hydrogens (tertiary/aromatic N) is 2. The summed E-state index contributed by atoms with van der Waals surface area (Å²) in [5.74, 6) is 0.845. The van der Waals surface area contributed by atoms with Gasteiger partial charge >= 0.3 is 0 Å². The minimum atomic E-state index is -0.190. The molecule has 2 saturated carbocycles. The molecule has 114 valence electrons. The third-order valence-electron chi connectivity index (χ3n) is 5.67. The van der Waals surface area contributed by atoms with E-state index in [1.54, 1.807) is 0 Å². The Balaban J connectivity index is 1.23. The molecule has 0 amide bonds. The third kappa shape index (κ3) is 2.89. The minimum absolute atomic E-state index is 0.190. The molecule has 2 saturated heterocycles. The third-order valence-corrected chi connectivity index (χ3v) is 5.67. The average Bonchev–Trinajstić information content (AvgIpc) is 3.19. The largest absolute Gasteiger partial charge is 0.348 e. The van der Waals surface area contributed by atoms with Crippen molar-refractivity contribution in [1.29, 1.82) is 0 Å². The van der Waals surface area contributed by atoms with Crippen molar-refractivity contribution >= 4 is 0 Å². The SMILES string of the molecule is C1COC2(CCC(N3CCN(CC4CC4)CC3)CC2)O1. The van der Waals surface area contributed by atoms with E-state index in [1.165, 1.54) is 58.4 Å². The van der Waals surface area contributed by atoms with Crippen LogP contribution in [0, 0.1) is 5.92 Å². The molecule has 0 aromatic heterocycles. The quantitative estimate of drug-likeness (QED) is 0.785. The van der Waals surface area contributed by atoms with Gasteiger partial charge in [-0.2, -0.15) is 0 Å². The second-order valence-corrected chi connectivity index (χ2v) is 7.12. The second kappa shape index (κ2) is 5.56. The van der Waals surface area contributed by atoms with E-state index >= 15 is 0 Å². The number of ether oxygens (including phenoxy) is 2. The first-order chi connectivity index (χ1) is 9.83. The molecule has 4 rings (SSSR count). The Bertz CT molecular complexity index is 321. The highest BCUT2D eigenvalue weighted by molar-refractivity contribution is 4.89. The predicted octanol–water partition coefficient (Wildman–Crippen LogP) is 1.70. The summed E-state index contributed by atoms with van der Waals surface area (Å²) in [6, 6.07) is 0.775. The van der Waals surface area contributed by atoms with Crippen molar-refractivity contribution in [2.45, 2.75) is 50.4 Å². The number of hydrogen-bond acceptors (Lipinski definition) is 4. The summed E-state index contributed by atoms with van der Waals surface area (Å²) in [5.41, 5.74) is 0. The monoisotopic (exact) mass is 280 g/mol. The van der Waals surface area contributed by atoms with E-state index in [9.17, 15) is 0 Å². The summed E-state index contributed by atoms with van der Waals surface area (Å²) in [4.78, 5) is 5.41. The van der Waals surface area contributed by atoms with E-state index in [0.29, 0.717) is 0 Å². The maximum absolute atomic E-state index is 5.84. The van der Waals surface area contributed by atoms with Gasteiger partial charge < -0.3 is 14.4 Å². The van der Waals surface area contributed by atoms with Crippen molar-refractivity contribution in [1.82, 2.24) is 9.80 Å². The van der Waals surface area contributed by atoms with Crippen molar-refractivity contribution < 1.29 is 9.47 Å². The molecule has 4 aliphatic rings. The van der Waals surface area contributed by atoms with Crippen LogP contribution in [0.3, 0.4) is 0 Å². The van der Waals surface area contributed by atoms with Gasteiger partial charge in [0, 0.05) is 51.6 Å². The zero-order chi connectivity index (χ0) is 13.4. The highest BCUT2D eigenvalue weighted by Gasteiger charge is 2.41. The van der Waals surface area contributed by atoms with Gasteiger partial charge in [0.25, 0.3) is 0 Å². The summed E-state index contributed by atoms with van der Waals surface area (Å²) < 4.78 is 11.7. The lowest BCUT2D eigenvalue weighted by molar-refractivity contribution is -0.184. The zero-order valence-electron chi connectivity index (χ0n) is 12.6. The van der Waals surface area contributed by atoms with Crippen LogP contribution in [0.1, 0.15) is 38.5 Å². The van der Waals surface area contributed by atoms with Gasteiger partial charge in [0.05, 0.1) is 13.2 Å². The molecule has 2 heterocycles. The molecule has 1 spiro atoms. The molecule has 4 heteroatoms. The van der Waals surface area contributed by atoms with Crippen molar-refractivity contribution in [3.63, 3.8) is 0 Å². The predicted molar refractivity (Wildman–Crippen MR) is 77.6 cm³/mol. The van der Waals surface area contributed by atoms with E-state index in [2.05, 4.69) is 9.80 Å². The highest BCUT2D eigenvalue weighted by atomic mass is 16.7. The van der Waals surface area contributed by atoms with Crippen LogP contribution in [0.2, 0.25) is 0 Å². The average molecular weight is 280 g/mol. The van der Waals surface area contributed by atoms with E-state index < -0.39 is 0 Å². The standard InChI is InChI=1S/C16H28N2O2/c1-2-14(1)13-17-7-9-18(10-8-17)15-3-5-16(6-4-15)19-11-12-20-16/h14-15H,1-13H2. The molecule has 0 unspecified atom stereocenters. The summed E-state index contributed by atoms with van der Waals surface area (Å²) >= 11 is 0. The van der Waals surface area contributed by atoms with Gasteiger partial charge in [-0.1, -0.05) is 0 Å². The fourth-order valence-corrected chi connectivity index (χ4v) is 4.17. The fourth-order valence-electron chi connectivity index (χ4n) is 4.17. The Morgan fingerprint density at radius 3 is 2.10 bits per heavy atom. The second-order valence-electron chi connectivity index (χ2n) is 7.12. The lowest BCUT2D eigenvalue weighted by Crippen LogP contribution is -2.52. The van der Waals surface area contributed by atoms with Gasteiger partial charge in [0.2, 0.25) is 0 Å². The highest BCUT2D eigenvalue weighted by Crippen LogP contribution is 2.37. The molecule has 4 nitrogen and oxygen atoms in total. The van der Waals surface area contributed by atoms with Crippen LogP contribution in [0.4, 0.5) is 0 Å². The zero-order valence-corrected chi connectivity index (χ0v) is 12.6. The van der Waals surface area contributed by atoms with Gasteiger partial charge in [0.1, 0.15) is 0 Å². The topological polar surface area (TPSA) is 24.9 Å². The van der Waals surface area contributed by atoms with Gasteiger partial charge in [-0.15, -0.1) is 0 Å². The van der Waals surface area contributed by atoms with Crippen LogP contribution in [-0.2, 0) is 9.47 Å². The lowest BCUT2D eigenvalue weighted by atomic mass is 9.88. The van der Waals surface area contributed by atoms with Crippen LogP contribution < -0.4 is 0 Å². The van der Waals surface area contributed by atoms with Gasteiger partial charge in [-0.3, -0.25) is 4.90 Å². The Labute approximate surface area is 122 Å². The van der Waals surface area contributed by atoms with Crippen molar-refractivity contribution in [3.05, 3.63) is 0 Å². The van der Waals surface area contributed by atoms with Crippen LogP contribution >= 0.6 is 0 Å². The van der Waals surface area contributed by atoms with Crippen molar-refractivity contribution in [2.24, 2.45) is 5.92 Å². The minimum Gasteiger partial charge on any atom is -0.348 e. The smallest absolute Gasteiger partial charge is 0.168 e. The molecular weight excluding hydrogens is 252 g/mol. The molecule has 0 aromatic rings. The summed E-state index contributed by atoms with van der Waals surface area (Å²) in [6.45, 7) is 8.06.